The number of rotatable bonds is 8. The predicted octanol–water partition coefficient (Wildman–Crippen LogP) is 1.50. The van der Waals surface area contributed by atoms with E-state index in [4.69, 9.17) is 10.5 Å². The monoisotopic (exact) mass is 380 g/mol. The standard InChI is InChI=1S/C15H19F3N2O4S/c1-10-13(24-10)5-6-20(8-14(19)21)25(22,23)9-11-3-2-4-12(7-11)15(16,17)18/h2-4,7,10,13H,5-6,8-9H2,1H3,(H2,19,21). The van der Waals surface area contributed by atoms with Crippen LogP contribution in [0.2, 0.25) is 0 Å². The third-order valence-corrected chi connectivity index (χ3v) is 5.62. The van der Waals surface area contributed by atoms with Crippen LogP contribution < -0.4 is 5.73 Å². The summed E-state index contributed by atoms with van der Waals surface area (Å²) < 4.78 is 69.3. The van der Waals surface area contributed by atoms with E-state index in [9.17, 15) is 26.4 Å². The number of epoxide rings is 1. The SMILES string of the molecule is CC1OC1CCN(CC(N)=O)S(=O)(=O)Cc1cccc(C(F)(F)F)c1. The molecule has 1 saturated heterocycles. The van der Waals surface area contributed by atoms with Gasteiger partial charge in [-0.15, -0.1) is 0 Å². The van der Waals surface area contributed by atoms with Crippen molar-refractivity contribution in [1.29, 1.82) is 0 Å². The van der Waals surface area contributed by atoms with Gasteiger partial charge in [0, 0.05) is 6.54 Å². The molecule has 0 aromatic heterocycles. The number of hydrogen-bond donors (Lipinski definition) is 1. The van der Waals surface area contributed by atoms with E-state index in [-0.39, 0.29) is 24.3 Å². The highest BCUT2D eigenvalue weighted by Gasteiger charge is 2.36. The first-order valence-electron chi connectivity index (χ1n) is 7.57. The lowest BCUT2D eigenvalue weighted by atomic mass is 10.1. The average molecular weight is 380 g/mol. The lowest BCUT2D eigenvalue weighted by Crippen LogP contribution is -2.40. The Morgan fingerprint density at radius 1 is 1.36 bits per heavy atom. The molecule has 1 aliphatic heterocycles. The Labute approximate surface area is 143 Å². The number of primary amides is 1. The first-order valence-corrected chi connectivity index (χ1v) is 9.17. The van der Waals surface area contributed by atoms with Crippen LogP contribution in [0.5, 0.6) is 0 Å². The highest BCUT2D eigenvalue weighted by atomic mass is 32.2. The smallest absolute Gasteiger partial charge is 0.370 e. The van der Waals surface area contributed by atoms with Gasteiger partial charge in [-0.05, 0) is 25.0 Å². The van der Waals surface area contributed by atoms with Gasteiger partial charge in [-0.3, -0.25) is 4.79 Å². The van der Waals surface area contributed by atoms with E-state index in [1.807, 2.05) is 6.92 Å². The number of carbonyl (C=O) groups excluding carboxylic acids is 1. The van der Waals surface area contributed by atoms with Crippen molar-refractivity contribution < 1.29 is 31.1 Å². The number of carbonyl (C=O) groups is 1. The summed E-state index contributed by atoms with van der Waals surface area (Å²) in [6, 6.07) is 4.09. The van der Waals surface area contributed by atoms with Gasteiger partial charge in [0.2, 0.25) is 15.9 Å². The maximum atomic E-state index is 12.7. The van der Waals surface area contributed by atoms with E-state index in [0.717, 1.165) is 22.5 Å². The van der Waals surface area contributed by atoms with Crippen molar-refractivity contribution in [2.45, 2.75) is 37.5 Å². The summed E-state index contributed by atoms with van der Waals surface area (Å²) in [6.45, 7) is 1.32. The minimum absolute atomic E-state index is 0.0131. The topological polar surface area (TPSA) is 93.0 Å². The van der Waals surface area contributed by atoms with Crippen LogP contribution in [0.4, 0.5) is 13.2 Å². The van der Waals surface area contributed by atoms with Gasteiger partial charge in [-0.2, -0.15) is 17.5 Å². The van der Waals surface area contributed by atoms with Gasteiger partial charge in [0.15, 0.2) is 0 Å². The van der Waals surface area contributed by atoms with Crippen LogP contribution in [0.3, 0.4) is 0 Å². The fraction of sp³-hybridized carbons (Fsp3) is 0.533. The molecule has 1 heterocycles. The third kappa shape index (κ3) is 5.68. The number of ether oxygens (including phenoxy) is 1. The van der Waals surface area contributed by atoms with Gasteiger partial charge in [-0.25, -0.2) is 8.42 Å². The molecule has 0 bridgehead atoms. The molecule has 2 rings (SSSR count). The van der Waals surface area contributed by atoms with E-state index in [1.165, 1.54) is 6.07 Å². The molecule has 1 amide bonds. The minimum Gasteiger partial charge on any atom is -0.370 e. The summed E-state index contributed by atoms with van der Waals surface area (Å²) in [7, 11) is -4.01. The zero-order valence-electron chi connectivity index (χ0n) is 13.5. The van der Waals surface area contributed by atoms with Gasteiger partial charge >= 0.3 is 6.18 Å². The number of hydrogen-bond acceptors (Lipinski definition) is 4. The first-order chi connectivity index (χ1) is 11.5. The zero-order chi connectivity index (χ0) is 18.8. The highest BCUT2D eigenvalue weighted by Crippen LogP contribution is 2.30. The molecule has 2 N–H and O–H groups in total. The molecule has 140 valence electrons. The molecule has 1 aromatic rings. The quantitative estimate of drug-likeness (QED) is 0.692. The number of halogens is 3. The number of nitrogens with zero attached hydrogens (tertiary/aromatic N) is 1. The summed E-state index contributed by atoms with van der Waals surface area (Å²) in [5.74, 6) is -1.48. The summed E-state index contributed by atoms with van der Waals surface area (Å²) in [4.78, 5) is 11.2. The van der Waals surface area contributed by atoms with Gasteiger partial charge in [0.05, 0.1) is 30.1 Å². The van der Waals surface area contributed by atoms with Crippen LogP contribution >= 0.6 is 0 Å². The molecule has 1 aliphatic rings. The molecule has 0 saturated carbocycles. The van der Waals surface area contributed by atoms with Crippen molar-refractivity contribution in [3.05, 3.63) is 35.4 Å². The third-order valence-electron chi connectivity index (χ3n) is 3.83. The van der Waals surface area contributed by atoms with Crippen LogP contribution in [0, 0.1) is 0 Å². The Balaban J connectivity index is 2.14. The summed E-state index contributed by atoms with van der Waals surface area (Å²) >= 11 is 0. The summed E-state index contributed by atoms with van der Waals surface area (Å²) in [6.07, 6.45) is -4.23. The van der Waals surface area contributed by atoms with E-state index < -0.39 is 40.0 Å². The van der Waals surface area contributed by atoms with Gasteiger partial charge in [0.1, 0.15) is 0 Å². The lowest BCUT2D eigenvalue weighted by molar-refractivity contribution is -0.137. The normalized spacial score (nSPS) is 20.7. The second-order valence-electron chi connectivity index (χ2n) is 5.92. The molecule has 0 spiro atoms. The van der Waals surface area contributed by atoms with E-state index in [0.29, 0.717) is 6.42 Å². The molecule has 6 nitrogen and oxygen atoms in total. The van der Waals surface area contributed by atoms with E-state index in [2.05, 4.69) is 0 Å². The van der Waals surface area contributed by atoms with Crippen molar-refractivity contribution in [3.63, 3.8) is 0 Å². The maximum Gasteiger partial charge on any atom is 0.416 e. The van der Waals surface area contributed by atoms with Gasteiger partial charge < -0.3 is 10.5 Å². The Bertz CT molecular complexity index is 737. The molecule has 25 heavy (non-hydrogen) atoms. The van der Waals surface area contributed by atoms with Crippen molar-refractivity contribution in [1.82, 2.24) is 4.31 Å². The largest absolute Gasteiger partial charge is 0.416 e. The summed E-state index contributed by atoms with van der Waals surface area (Å²) in [5, 5.41) is 0. The van der Waals surface area contributed by atoms with Crippen LogP contribution in [0.25, 0.3) is 0 Å². The molecule has 0 aliphatic carbocycles. The molecule has 10 heteroatoms. The lowest BCUT2D eigenvalue weighted by Gasteiger charge is -2.20. The van der Waals surface area contributed by atoms with Gasteiger partial charge in [0.25, 0.3) is 0 Å². The zero-order valence-corrected chi connectivity index (χ0v) is 14.3. The fourth-order valence-corrected chi connectivity index (χ4v) is 3.92. The molecular formula is C15H19F3N2O4S. The molecule has 2 unspecified atom stereocenters. The predicted molar refractivity (Wildman–Crippen MR) is 83.8 cm³/mol. The van der Waals surface area contributed by atoms with Crippen molar-refractivity contribution in [2.75, 3.05) is 13.1 Å². The van der Waals surface area contributed by atoms with Crippen LogP contribution in [0.15, 0.2) is 24.3 Å². The number of nitrogens with two attached hydrogens (primary N) is 1. The highest BCUT2D eigenvalue weighted by molar-refractivity contribution is 7.88. The second-order valence-corrected chi connectivity index (χ2v) is 7.89. The Morgan fingerprint density at radius 2 is 2.00 bits per heavy atom. The van der Waals surface area contributed by atoms with E-state index in [1.54, 1.807) is 0 Å². The molecule has 1 aromatic carbocycles. The fourth-order valence-electron chi connectivity index (χ4n) is 2.43. The van der Waals surface area contributed by atoms with Crippen LogP contribution in [-0.4, -0.2) is 43.9 Å². The van der Waals surface area contributed by atoms with Crippen LogP contribution in [0.1, 0.15) is 24.5 Å². The minimum atomic E-state index is -4.56. The van der Waals surface area contributed by atoms with Crippen LogP contribution in [-0.2, 0) is 31.5 Å². The Kier molecular flexibility index (Phi) is 5.75. The number of sulfonamides is 1. The molecule has 1 fully saturated rings. The Hall–Kier alpha value is -1.65. The second kappa shape index (κ2) is 7.30. The number of amides is 1. The van der Waals surface area contributed by atoms with Gasteiger partial charge in [-0.1, -0.05) is 18.2 Å². The molecular weight excluding hydrogens is 361 g/mol. The first kappa shape index (κ1) is 19.7. The summed E-state index contributed by atoms with van der Waals surface area (Å²) in [5.41, 5.74) is 4.15. The molecule has 0 radical (unpaired) electrons. The number of alkyl halides is 3. The van der Waals surface area contributed by atoms with E-state index >= 15 is 0 Å². The van der Waals surface area contributed by atoms with Crippen molar-refractivity contribution in [2.24, 2.45) is 5.73 Å². The van der Waals surface area contributed by atoms with Crippen molar-refractivity contribution in [3.8, 4) is 0 Å². The van der Waals surface area contributed by atoms with Crippen molar-refractivity contribution >= 4 is 15.9 Å². The molecule has 2 atom stereocenters. The number of benzene rings is 1. The average Bonchev–Trinajstić information content (AvgIpc) is 3.17. The Morgan fingerprint density at radius 3 is 2.52 bits per heavy atom. The maximum absolute atomic E-state index is 12.7.